The molecule has 1 aromatic carbocycles. The van der Waals surface area contributed by atoms with Gasteiger partial charge in [-0.05, 0) is 43.9 Å². The van der Waals surface area contributed by atoms with Crippen molar-refractivity contribution in [2.24, 2.45) is 5.92 Å². The summed E-state index contributed by atoms with van der Waals surface area (Å²) >= 11 is 5.88. The quantitative estimate of drug-likeness (QED) is 0.871. The van der Waals surface area contributed by atoms with Gasteiger partial charge in [0.05, 0.1) is 18.3 Å². The zero-order chi connectivity index (χ0) is 14.0. The van der Waals surface area contributed by atoms with Crippen LogP contribution in [-0.4, -0.2) is 30.3 Å². The minimum Gasteiger partial charge on any atom is -0.496 e. The smallest absolute Gasteiger partial charge is 0.255 e. The van der Waals surface area contributed by atoms with Gasteiger partial charge in [0.25, 0.3) is 5.91 Å². The number of benzene rings is 1. The van der Waals surface area contributed by atoms with Crippen LogP contribution in [0.4, 0.5) is 0 Å². The lowest BCUT2D eigenvalue weighted by Crippen LogP contribution is -2.42. The van der Waals surface area contributed by atoms with Crippen LogP contribution in [-0.2, 0) is 0 Å². The van der Waals surface area contributed by atoms with E-state index in [0.29, 0.717) is 16.3 Å². The number of rotatable bonds is 5. The Morgan fingerprint density at radius 1 is 1.58 bits per heavy atom. The number of methoxy groups -OCH3 is 1. The zero-order valence-corrected chi connectivity index (χ0v) is 11.8. The lowest BCUT2D eigenvalue weighted by atomic mass is 10.0. The number of amides is 1. The molecule has 0 aliphatic heterocycles. The van der Waals surface area contributed by atoms with Gasteiger partial charge in [-0.2, -0.15) is 0 Å². The number of hydrogen-bond acceptors (Lipinski definition) is 3. The van der Waals surface area contributed by atoms with E-state index >= 15 is 0 Å². The zero-order valence-electron chi connectivity index (χ0n) is 11.1. The molecule has 0 unspecified atom stereocenters. The minimum absolute atomic E-state index is 0.228. The molecule has 1 atom stereocenters. The monoisotopic (exact) mass is 283 g/mol. The predicted molar refractivity (Wildman–Crippen MR) is 73.7 cm³/mol. The Morgan fingerprint density at radius 2 is 2.26 bits per heavy atom. The maximum absolute atomic E-state index is 12.1. The Bertz CT molecular complexity index is 484. The van der Waals surface area contributed by atoms with Crippen molar-refractivity contribution < 1.29 is 14.6 Å². The molecule has 1 fully saturated rings. The fraction of sp³-hybridized carbons (Fsp3) is 0.500. The van der Waals surface area contributed by atoms with Gasteiger partial charge < -0.3 is 15.2 Å². The molecule has 1 aromatic rings. The van der Waals surface area contributed by atoms with Crippen molar-refractivity contribution in [3.8, 4) is 5.75 Å². The summed E-state index contributed by atoms with van der Waals surface area (Å²) in [6, 6.07) is 4.87. The molecule has 104 valence electrons. The molecule has 1 aliphatic carbocycles. The molecule has 1 aliphatic rings. The number of aliphatic hydroxyl groups is 1. The second-order valence-corrected chi connectivity index (χ2v) is 5.60. The molecule has 1 saturated carbocycles. The van der Waals surface area contributed by atoms with Gasteiger partial charge in [-0.3, -0.25) is 4.79 Å². The van der Waals surface area contributed by atoms with Crippen LogP contribution in [0, 0.1) is 5.92 Å². The molecular weight excluding hydrogens is 266 g/mol. The van der Waals surface area contributed by atoms with Gasteiger partial charge in [-0.25, -0.2) is 0 Å². The lowest BCUT2D eigenvalue weighted by Gasteiger charge is -2.23. The van der Waals surface area contributed by atoms with Crippen LogP contribution in [0.25, 0.3) is 0 Å². The molecule has 0 heterocycles. The number of hydrogen-bond donors (Lipinski definition) is 2. The van der Waals surface area contributed by atoms with E-state index in [9.17, 15) is 9.90 Å². The highest BCUT2D eigenvalue weighted by molar-refractivity contribution is 6.31. The van der Waals surface area contributed by atoms with Crippen LogP contribution in [0.5, 0.6) is 5.75 Å². The van der Waals surface area contributed by atoms with Crippen LogP contribution >= 0.6 is 11.6 Å². The van der Waals surface area contributed by atoms with Crippen LogP contribution in [0.15, 0.2) is 18.2 Å². The third-order valence-electron chi connectivity index (χ3n) is 3.47. The molecule has 4 nitrogen and oxygen atoms in total. The van der Waals surface area contributed by atoms with Crippen molar-refractivity contribution in [1.82, 2.24) is 5.32 Å². The molecule has 1 amide bonds. The summed E-state index contributed by atoms with van der Waals surface area (Å²) in [5, 5.41) is 13.4. The first-order chi connectivity index (χ1) is 8.94. The summed E-state index contributed by atoms with van der Waals surface area (Å²) in [6.07, 6.45) is 2.03. The number of ether oxygens (including phenoxy) is 1. The molecule has 2 N–H and O–H groups in total. The molecule has 5 heteroatoms. The molecule has 0 saturated heterocycles. The second kappa shape index (κ2) is 5.39. The number of carbonyl (C=O) groups excluding carboxylic acids is 1. The normalized spacial score (nSPS) is 17.7. The van der Waals surface area contributed by atoms with Crippen molar-refractivity contribution in [2.45, 2.75) is 25.4 Å². The van der Waals surface area contributed by atoms with Gasteiger partial charge >= 0.3 is 0 Å². The van der Waals surface area contributed by atoms with Crippen molar-refractivity contribution >= 4 is 17.5 Å². The maximum atomic E-state index is 12.1. The fourth-order valence-electron chi connectivity index (χ4n) is 2.06. The topological polar surface area (TPSA) is 58.6 Å². The molecule has 0 aromatic heterocycles. The van der Waals surface area contributed by atoms with Gasteiger partial charge in [0.1, 0.15) is 5.75 Å². The molecule has 19 heavy (non-hydrogen) atoms. The summed E-state index contributed by atoms with van der Waals surface area (Å²) in [6.45, 7) is 1.98. The largest absolute Gasteiger partial charge is 0.496 e. The van der Waals surface area contributed by atoms with Gasteiger partial charge in [-0.1, -0.05) is 11.6 Å². The number of halogens is 1. The summed E-state index contributed by atoms with van der Waals surface area (Å²) in [5.41, 5.74) is -0.469. The number of nitrogens with one attached hydrogen (secondary N) is 1. The average Bonchev–Trinajstić information content (AvgIpc) is 3.20. The first-order valence-corrected chi connectivity index (χ1v) is 6.66. The molecule has 2 rings (SSSR count). The Kier molecular flexibility index (Phi) is 4.02. The Hall–Kier alpha value is -1.26. The van der Waals surface area contributed by atoms with E-state index in [0.717, 1.165) is 12.8 Å². The van der Waals surface area contributed by atoms with Gasteiger partial charge in [0.2, 0.25) is 0 Å². The van der Waals surface area contributed by atoms with Crippen LogP contribution in [0.1, 0.15) is 30.1 Å². The fourth-order valence-corrected chi connectivity index (χ4v) is 2.23. The van der Waals surface area contributed by atoms with Crippen LogP contribution in [0.2, 0.25) is 5.02 Å². The van der Waals surface area contributed by atoms with E-state index in [4.69, 9.17) is 16.3 Å². The van der Waals surface area contributed by atoms with E-state index in [-0.39, 0.29) is 18.4 Å². The first-order valence-electron chi connectivity index (χ1n) is 6.28. The van der Waals surface area contributed by atoms with E-state index in [1.165, 1.54) is 7.11 Å². The van der Waals surface area contributed by atoms with Gasteiger partial charge in [-0.15, -0.1) is 0 Å². The SMILES string of the molecule is COc1ccc(Cl)cc1C(=O)NC[C@@](C)(O)C1CC1. The Labute approximate surface area is 117 Å². The van der Waals surface area contributed by atoms with E-state index in [1.54, 1.807) is 25.1 Å². The highest BCUT2D eigenvalue weighted by atomic mass is 35.5. The van der Waals surface area contributed by atoms with Crippen molar-refractivity contribution in [2.75, 3.05) is 13.7 Å². The van der Waals surface area contributed by atoms with E-state index < -0.39 is 5.60 Å². The minimum atomic E-state index is -0.846. The van der Waals surface area contributed by atoms with E-state index in [1.807, 2.05) is 0 Å². The standard InChI is InChI=1S/C14H18ClNO3/c1-14(18,9-3-4-9)8-16-13(17)11-7-10(15)5-6-12(11)19-2/h5-7,9,18H,3-4,8H2,1-2H3,(H,16,17)/t14-/m1/s1. The highest BCUT2D eigenvalue weighted by Crippen LogP contribution is 2.39. The van der Waals surface area contributed by atoms with Crippen LogP contribution < -0.4 is 10.1 Å². The first kappa shape index (κ1) is 14.2. The third-order valence-corrected chi connectivity index (χ3v) is 3.70. The van der Waals surface area contributed by atoms with E-state index in [2.05, 4.69) is 5.32 Å². The van der Waals surface area contributed by atoms with Gasteiger partial charge in [0, 0.05) is 11.6 Å². The Balaban J connectivity index is 2.05. The highest BCUT2D eigenvalue weighted by Gasteiger charge is 2.40. The molecule has 0 bridgehead atoms. The van der Waals surface area contributed by atoms with Crippen molar-refractivity contribution in [3.05, 3.63) is 28.8 Å². The third kappa shape index (κ3) is 3.39. The summed E-state index contributed by atoms with van der Waals surface area (Å²) in [4.78, 5) is 12.1. The van der Waals surface area contributed by atoms with Crippen LogP contribution in [0.3, 0.4) is 0 Å². The van der Waals surface area contributed by atoms with Crippen molar-refractivity contribution in [1.29, 1.82) is 0 Å². The van der Waals surface area contributed by atoms with Gasteiger partial charge in [0.15, 0.2) is 0 Å². The molecule has 0 spiro atoms. The average molecular weight is 284 g/mol. The molecule has 0 radical (unpaired) electrons. The summed E-state index contributed by atoms with van der Waals surface area (Å²) < 4.78 is 5.13. The summed E-state index contributed by atoms with van der Waals surface area (Å²) in [7, 11) is 1.50. The predicted octanol–water partition coefficient (Wildman–Crippen LogP) is 2.24. The van der Waals surface area contributed by atoms with Crippen molar-refractivity contribution in [3.63, 3.8) is 0 Å². The molecular formula is C14H18ClNO3. The Morgan fingerprint density at radius 3 is 2.84 bits per heavy atom. The summed E-state index contributed by atoms with van der Waals surface area (Å²) in [5.74, 6) is 0.460. The lowest BCUT2D eigenvalue weighted by molar-refractivity contribution is 0.0354. The second-order valence-electron chi connectivity index (χ2n) is 5.16. The maximum Gasteiger partial charge on any atom is 0.255 e. The number of carbonyl (C=O) groups is 1.